The molecule has 0 spiro atoms. The molecular formula is C9H11ClN4O2. The van der Waals surface area contributed by atoms with Crippen LogP contribution in [0.3, 0.4) is 0 Å². The zero-order chi connectivity index (χ0) is 11.5. The lowest BCUT2D eigenvalue weighted by atomic mass is 10.2. The minimum atomic E-state index is -0.862. The van der Waals surface area contributed by atoms with Crippen molar-refractivity contribution in [2.45, 2.75) is 6.04 Å². The van der Waals surface area contributed by atoms with Gasteiger partial charge >= 0.3 is 5.97 Å². The Morgan fingerprint density at radius 3 is 2.88 bits per heavy atom. The number of aromatic nitrogens is 2. The van der Waals surface area contributed by atoms with E-state index in [1.165, 1.54) is 12.4 Å². The second kappa shape index (κ2) is 4.63. The highest BCUT2D eigenvalue weighted by atomic mass is 35.5. The van der Waals surface area contributed by atoms with Crippen molar-refractivity contribution in [1.29, 1.82) is 0 Å². The fraction of sp³-hybridized carbons (Fsp3) is 0.444. The van der Waals surface area contributed by atoms with Crippen molar-refractivity contribution in [1.82, 2.24) is 15.3 Å². The van der Waals surface area contributed by atoms with E-state index in [9.17, 15) is 4.79 Å². The first-order valence-corrected chi connectivity index (χ1v) is 5.23. The van der Waals surface area contributed by atoms with Crippen molar-refractivity contribution in [3.05, 3.63) is 17.4 Å². The molecular weight excluding hydrogens is 232 g/mol. The van der Waals surface area contributed by atoms with Gasteiger partial charge in [0.1, 0.15) is 6.04 Å². The molecule has 0 saturated carbocycles. The molecule has 2 rings (SSSR count). The molecule has 1 aliphatic rings. The van der Waals surface area contributed by atoms with E-state index in [1.54, 1.807) is 0 Å². The molecule has 6 nitrogen and oxygen atoms in total. The van der Waals surface area contributed by atoms with Gasteiger partial charge in [0.2, 0.25) is 5.95 Å². The summed E-state index contributed by atoms with van der Waals surface area (Å²) in [7, 11) is 0. The van der Waals surface area contributed by atoms with Gasteiger partial charge in [-0.25, -0.2) is 9.97 Å². The lowest BCUT2D eigenvalue weighted by Crippen LogP contribution is -2.54. The number of rotatable bonds is 2. The van der Waals surface area contributed by atoms with E-state index in [2.05, 4.69) is 15.3 Å². The fourth-order valence-electron chi connectivity index (χ4n) is 1.57. The topological polar surface area (TPSA) is 78.3 Å². The molecule has 7 heteroatoms. The molecule has 0 aromatic carbocycles. The number of anilines is 1. The summed E-state index contributed by atoms with van der Waals surface area (Å²) in [6.45, 7) is 1.64. The van der Waals surface area contributed by atoms with Crippen molar-refractivity contribution >= 4 is 23.5 Å². The first-order valence-electron chi connectivity index (χ1n) is 4.85. The maximum atomic E-state index is 10.8. The maximum absolute atomic E-state index is 10.8. The largest absolute Gasteiger partial charge is 0.480 e. The molecule has 1 aliphatic heterocycles. The molecule has 1 aromatic heterocycles. The molecule has 0 radical (unpaired) electrons. The summed E-state index contributed by atoms with van der Waals surface area (Å²) in [5.41, 5.74) is 0. The first-order chi connectivity index (χ1) is 7.66. The Morgan fingerprint density at radius 2 is 2.25 bits per heavy atom. The van der Waals surface area contributed by atoms with Crippen LogP contribution >= 0.6 is 11.6 Å². The smallest absolute Gasteiger partial charge is 0.322 e. The lowest BCUT2D eigenvalue weighted by Gasteiger charge is -2.31. The SMILES string of the molecule is O=C(O)[C@H]1CN(c2ncc(Cl)cn2)CCN1. The van der Waals surface area contributed by atoms with Crippen molar-refractivity contribution in [2.75, 3.05) is 24.5 Å². The molecule has 1 aromatic rings. The monoisotopic (exact) mass is 242 g/mol. The number of carboxylic acids is 1. The van der Waals surface area contributed by atoms with Crippen molar-refractivity contribution < 1.29 is 9.90 Å². The average Bonchev–Trinajstić information content (AvgIpc) is 2.30. The standard InChI is InChI=1S/C9H11ClN4O2/c10-6-3-12-9(13-4-6)14-2-1-11-7(5-14)8(15)16/h3-4,7,11H,1-2,5H2,(H,15,16)/t7-/m1/s1. The normalized spacial score (nSPS) is 20.8. The Morgan fingerprint density at radius 1 is 1.56 bits per heavy atom. The zero-order valence-corrected chi connectivity index (χ0v) is 9.18. The Balaban J connectivity index is 2.09. The van der Waals surface area contributed by atoms with Crippen LogP contribution in [0.5, 0.6) is 0 Å². The van der Waals surface area contributed by atoms with E-state index in [1.807, 2.05) is 4.90 Å². The molecule has 86 valence electrons. The minimum absolute atomic E-state index is 0.358. The number of nitrogens with zero attached hydrogens (tertiary/aromatic N) is 3. The number of carboxylic acid groups (broad SMARTS) is 1. The fourth-order valence-corrected chi connectivity index (χ4v) is 1.66. The number of hydrogen-bond donors (Lipinski definition) is 2. The molecule has 1 atom stereocenters. The Hall–Kier alpha value is -1.40. The van der Waals surface area contributed by atoms with Gasteiger partial charge in [0.05, 0.1) is 17.4 Å². The summed E-state index contributed by atoms with van der Waals surface area (Å²) >= 11 is 5.68. The second-order valence-corrected chi connectivity index (χ2v) is 3.93. The second-order valence-electron chi connectivity index (χ2n) is 3.49. The van der Waals surface area contributed by atoms with Gasteiger partial charge in [0.15, 0.2) is 0 Å². The van der Waals surface area contributed by atoms with Crippen LogP contribution in [0, 0.1) is 0 Å². The van der Waals surface area contributed by atoms with Gasteiger partial charge < -0.3 is 15.3 Å². The number of aliphatic carboxylic acids is 1. The van der Waals surface area contributed by atoms with Crippen molar-refractivity contribution in [2.24, 2.45) is 0 Å². The van der Waals surface area contributed by atoms with E-state index in [4.69, 9.17) is 16.7 Å². The Labute approximate surface area is 97.3 Å². The highest BCUT2D eigenvalue weighted by Gasteiger charge is 2.25. The van der Waals surface area contributed by atoms with E-state index in [0.29, 0.717) is 30.6 Å². The quantitative estimate of drug-likeness (QED) is 0.760. The number of carbonyl (C=O) groups is 1. The first kappa shape index (κ1) is 11.1. The number of piperazine rings is 1. The van der Waals surface area contributed by atoms with Crippen LogP contribution in [0.4, 0.5) is 5.95 Å². The number of halogens is 1. The number of hydrogen-bond acceptors (Lipinski definition) is 5. The molecule has 0 amide bonds. The summed E-state index contributed by atoms with van der Waals surface area (Å²) < 4.78 is 0. The molecule has 0 aliphatic carbocycles. The van der Waals surface area contributed by atoms with Crippen LogP contribution in [0.15, 0.2) is 12.4 Å². The predicted octanol–water partition coefficient (Wildman–Crippen LogP) is -0.00720. The Kier molecular flexibility index (Phi) is 3.21. The van der Waals surface area contributed by atoms with Gasteiger partial charge in [-0.05, 0) is 0 Å². The zero-order valence-electron chi connectivity index (χ0n) is 8.43. The van der Waals surface area contributed by atoms with Gasteiger partial charge in [-0.3, -0.25) is 4.79 Å². The third kappa shape index (κ3) is 2.40. The molecule has 16 heavy (non-hydrogen) atoms. The van der Waals surface area contributed by atoms with Crippen molar-refractivity contribution in [3.63, 3.8) is 0 Å². The van der Waals surface area contributed by atoms with Crippen LogP contribution < -0.4 is 10.2 Å². The van der Waals surface area contributed by atoms with E-state index in [0.717, 1.165) is 0 Å². The molecule has 0 bridgehead atoms. The van der Waals surface area contributed by atoms with Crippen LogP contribution in [0.2, 0.25) is 5.02 Å². The van der Waals surface area contributed by atoms with E-state index in [-0.39, 0.29) is 0 Å². The Bertz CT molecular complexity index is 384. The number of nitrogens with one attached hydrogen (secondary N) is 1. The highest BCUT2D eigenvalue weighted by molar-refractivity contribution is 6.30. The van der Waals surface area contributed by atoms with Gasteiger partial charge in [-0.1, -0.05) is 11.6 Å². The van der Waals surface area contributed by atoms with Crippen LogP contribution in [-0.4, -0.2) is 46.7 Å². The average molecular weight is 243 g/mol. The van der Waals surface area contributed by atoms with Crippen LogP contribution in [0.1, 0.15) is 0 Å². The summed E-state index contributed by atoms with van der Waals surface area (Å²) in [6.07, 6.45) is 3.00. The summed E-state index contributed by atoms with van der Waals surface area (Å²) in [6, 6.07) is -0.576. The third-order valence-corrected chi connectivity index (χ3v) is 2.56. The molecule has 0 unspecified atom stereocenters. The van der Waals surface area contributed by atoms with Gasteiger partial charge in [0, 0.05) is 19.6 Å². The highest BCUT2D eigenvalue weighted by Crippen LogP contribution is 2.12. The van der Waals surface area contributed by atoms with Crippen molar-refractivity contribution in [3.8, 4) is 0 Å². The maximum Gasteiger partial charge on any atom is 0.322 e. The molecule has 1 saturated heterocycles. The molecule has 2 N–H and O–H groups in total. The minimum Gasteiger partial charge on any atom is -0.480 e. The van der Waals surface area contributed by atoms with Gasteiger partial charge in [0.25, 0.3) is 0 Å². The third-order valence-electron chi connectivity index (χ3n) is 2.36. The summed E-state index contributed by atoms with van der Waals surface area (Å²) in [4.78, 5) is 20.8. The van der Waals surface area contributed by atoms with Gasteiger partial charge in [-0.15, -0.1) is 0 Å². The van der Waals surface area contributed by atoms with E-state index < -0.39 is 12.0 Å². The summed E-state index contributed by atoms with van der Waals surface area (Å²) in [5, 5.41) is 12.3. The van der Waals surface area contributed by atoms with Gasteiger partial charge in [-0.2, -0.15) is 0 Å². The predicted molar refractivity (Wildman–Crippen MR) is 58.7 cm³/mol. The van der Waals surface area contributed by atoms with Crippen LogP contribution in [0.25, 0.3) is 0 Å². The molecule has 1 fully saturated rings. The van der Waals surface area contributed by atoms with E-state index >= 15 is 0 Å². The molecule has 2 heterocycles. The lowest BCUT2D eigenvalue weighted by molar-refractivity contribution is -0.139. The van der Waals surface area contributed by atoms with Crippen LogP contribution in [-0.2, 0) is 4.79 Å². The summed E-state index contributed by atoms with van der Waals surface area (Å²) in [5.74, 6) is -0.351.